The summed E-state index contributed by atoms with van der Waals surface area (Å²) in [5, 5.41) is 9.67. The Kier molecular flexibility index (Phi) is 3.11. The maximum Gasteiger partial charge on any atom is 0.0783 e. The third-order valence-electron chi connectivity index (χ3n) is 1.99. The quantitative estimate of drug-likeness (QED) is 0.837. The van der Waals surface area contributed by atoms with Gasteiger partial charge >= 0.3 is 0 Å². The number of benzene rings is 1. The fourth-order valence-electron chi connectivity index (χ4n) is 1.08. The van der Waals surface area contributed by atoms with E-state index in [1.807, 2.05) is 24.3 Å². The van der Waals surface area contributed by atoms with Crippen molar-refractivity contribution in [3.8, 4) is 0 Å². The lowest BCUT2D eigenvalue weighted by Crippen LogP contribution is -2.34. The third kappa shape index (κ3) is 2.79. The molecule has 0 aliphatic rings. The topological polar surface area (TPSA) is 46.2 Å². The highest BCUT2D eigenvalue weighted by Gasteiger charge is 2.23. The molecule has 0 saturated carbocycles. The number of hydrogen-bond acceptors (Lipinski definition) is 2. The molecule has 0 fully saturated rings. The molecule has 0 bridgehead atoms. The number of halogens is 1. The maximum absolute atomic E-state index is 9.67. The molecule has 0 heterocycles. The number of aliphatic hydroxyl groups is 1. The number of rotatable bonds is 2. The zero-order valence-corrected chi connectivity index (χ0v) is 9.38. The van der Waals surface area contributed by atoms with Gasteiger partial charge in [0.15, 0.2) is 0 Å². The SMILES string of the molecule is CC(C)(O)C(N)c1ccc(Br)cc1. The van der Waals surface area contributed by atoms with Gasteiger partial charge in [0.05, 0.1) is 11.6 Å². The minimum Gasteiger partial charge on any atom is -0.388 e. The summed E-state index contributed by atoms with van der Waals surface area (Å²) in [6, 6.07) is 7.31. The normalized spacial score (nSPS) is 14.2. The van der Waals surface area contributed by atoms with Gasteiger partial charge in [-0.2, -0.15) is 0 Å². The Balaban J connectivity index is 2.90. The van der Waals surface area contributed by atoms with Crippen molar-refractivity contribution in [1.82, 2.24) is 0 Å². The molecular formula is C10H14BrNO. The first-order valence-corrected chi connectivity index (χ1v) is 4.94. The molecule has 1 aromatic rings. The molecule has 1 aromatic carbocycles. The molecule has 0 radical (unpaired) electrons. The predicted molar refractivity (Wildman–Crippen MR) is 57.4 cm³/mol. The molecule has 1 rings (SSSR count). The van der Waals surface area contributed by atoms with Crippen LogP contribution < -0.4 is 5.73 Å². The molecule has 3 heteroatoms. The van der Waals surface area contributed by atoms with Gasteiger partial charge in [0.1, 0.15) is 0 Å². The lowest BCUT2D eigenvalue weighted by molar-refractivity contribution is 0.0517. The molecule has 0 amide bonds. The molecule has 13 heavy (non-hydrogen) atoms. The van der Waals surface area contributed by atoms with E-state index in [0.717, 1.165) is 10.0 Å². The molecule has 1 unspecified atom stereocenters. The molecule has 2 nitrogen and oxygen atoms in total. The molecule has 1 atom stereocenters. The summed E-state index contributed by atoms with van der Waals surface area (Å²) >= 11 is 3.34. The molecule has 3 N–H and O–H groups in total. The van der Waals surface area contributed by atoms with Crippen molar-refractivity contribution in [3.63, 3.8) is 0 Å². The Labute approximate surface area is 86.9 Å². The summed E-state index contributed by atoms with van der Waals surface area (Å²) < 4.78 is 1.01. The van der Waals surface area contributed by atoms with Gasteiger partial charge in [-0.05, 0) is 31.5 Å². The first kappa shape index (κ1) is 10.7. The third-order valence-corrected chi connectivity index (χ3v) is 2.52. The zero-order valence-electron chi connectivity index (χ0n) is 7.79. The van der Waals surface area contributed by atoms with Gasteiger partial charge in [-0.1, -0.05) is 28.1 Å². The lowest BCUT2D eigenvalue weighted by atomic mass is 9.93. The smallest absolute Gasteiger partial charge is 0.0783 e. The Hall–Kier alpha value is -0.380. The molecule has 0 aromatic heterocycles. The summed E-state index contributed by atoms with van der Waals surface area (Å²) in [6.45, 7) is 3.42. The van der Waals surface area contributed by atoms with Gasteiger partial charge in [-0.15, -0.1) is 0 Å². The van der Waals surface area contributed by atoms with Gasteiger partial charge in [-0.3, -0.25) is 0 Å². The lowest BCUT2D eigenvalue weighted by Gasteiger charge is -2.25. The van der Waals surface area contributed by atoms with Crippen LogP contribution in [0.15, 0.2) is 28.7 Å². The molecule has 0 spiro atoms. The zero-order chi connectivity index (χ0) is 10.1. The Morgan fingerprint density at radius 3 is 2.15 bits per heavy atom. The highest BCUT2D eigenvalue weighted by Crippen LogP contribution is 2.23. The minimum atomic E-state index is -0.881. The van der Waals surface area contributed by atoms with E-state index in [-0.39, 0.29) is 6.04 Å². The van der Waals surface area contributed by atoms with Crippen LogP contribution in [0.4, 0.5) is 0 Å². The van der Waals surface area contributed by atoms with Crippen molar-refractivity contribution in [2.24, 2.45) is 5.73 Å². The fourth-order valence-corrected chi connectivity index (χ4v) is 1.34. The van der Waals surface area contributed by atoms with Crippen molar-refractivity contribution in [1.29, 1.82) is 0 Å². The minimum absolute atomic E-state index is 0.347. The van der Waals surface area contributed by atoms with Crippen LogP contribution in [-0.2, 0) is 0 Å². The summed E-state index contributed by atoms with van der Waals surface area (Å²) in [4.78, 5) is 0. The van der Waals surface area contributed by atoms with E-state index in [4.69, 9.17) is 5.73 Å². The van der Waals surface area contributed by atoms with E-state index < -0.39 is 5.60 Å². The predicted octanol–water partition coefficient (Wildman–Crippen LogP) is 2.22. The van der Waals surface area contributed by atoms with Crippen molar-refractivity contribution in [2.45, 2.75) is 25.5 Å². The van der Waals surface area contributed by atoms with E-state index in [1.165, 1.54) is 0 Å². The van der Waals surface area contributed by atoms with Crippen molar-refractivity contribution in [3.05, 3.63) is 34.3 Å². The van der Waals surface area contributed by atoms with Crippen LogP contribution in [0, 0.1) is 0 Å². The van der Waals surface area contributed by atoms with Crippen LogP contribution in [0.3, 0.4) is 0 Å². The Bertz CT molecular complexity index is 276. The highest BCUT2D eigenvalue weighted by molar-refractivity contribution is 9.10. The van der Waals surface area contributed by atoms with Crippen LogP contribution in [0.5, 0.6) is 0 Å². The standard InChI is InChI=1S/C10H14BrNO/c1-10(2,13)9(12)7-3-5-8(11)6-4-7/h3-6,9,13H,12H2,1-2H3. The van der Waals surface area contributed by atoms with Gasteiger partial charge in [0, 0.05) is 4.47 Å². The van der Waals surface area contributed by atoms with E-state index in [0.29, 0.717) is 0 Å². The van der Waals surface area contributed by atoms with E-state index >= 15 is 0 Å². The first-order valence-electron chi connectivity index (χ1n) is 4.14. The second kappa shape index (κ2) is 3.78. The Morgan fingerprint density at radius 2 is 1.77 bits per heavy atom. The van der Waals surface area contributed by atoms with Crippen LogP contribution >= 0.6 is 15.9 Å². The maximum atomic E-state index is 9.67. The van der Waals surface area contributed by atoms with Crippen LogP contribution in [0.2, 0.25) is 0 Å². The van der Waals surface area contributed by atoms with Crippen LogP contribution in [0.1, 0.15) is 25.5 Å². The van der Waals surface area contributed by atoms with Gasteiger partial charge in [0.2, 0.25) is 0 Å². The number of hydrogen-bond donors (Lipinski definition) is 2. The van der Waals surface area contributed by atoms with Gasteiger partial charge < -0.3 is 10.8 Å². The first-order chi connectivity index (χ1) is 5.91. The monoisotopic (exact) mass is 243 g/mol. The second-order valence-corrected chi connectivity index (χ2v) is 4.60. The highest BCUT2D eigenvalue weighted by atomic mass is 79.9. The summed E-state index contributed by atoms with van der Waals surface area (Å²) in [5.41, 5.74) is 5.92. The van der Waals surface area contributed by atoms with E-state index in [2.05, 4.69) is 15.9 Å². The van der Waals surface area contributed by atoms with E-state index in [9.17, 15) is 5.11 Å². The van der Waals surface area contributed by atoms with E-state index in [1.54, 1.807) is 13.8 Å². The largest absolute Gasteiger partial charge is 0.388 e. The summed E-state index contributed by atoms with van der Waals surface area (Å²) in [6.07, 6.45) is 0. The fraction of sp³-hybridized carbons (Fsp3) is 0.400. The molecule has 72 valence electrons. The van der Waals surface area contributed by atoms with Crippen molar-refractivity contribution < 1.29 is 5.11 Å². The summed E-state index contributed by atoms with van der Waals surface area (Å²) in [5.74, 6) is 0. The van der Waals surface area contributed by atoms with Crippen LogP contribution in [0.25, 0.3) is 0 Å². The van der Waals surface area contributed by atoms with Gasteiger partial charge in [-0.25, -0.2) is 0 Å². The van der Waals surface area contributed by atoms with Crippen LogP contribution in [-0.4, -0.2) is 10.7 Å². The average molecular weight is 244 g/mol. The van der Waals surface area contributed by atoms with Crippen molar-refractivity contribution >= 4 is 15.9 Å². The molecular weight excluding hydrogens is 230 g/mol. The molecule has 0 aliphatic heterocycles. The van der Waals surface area contributed by atoms with Gasteiger partial charge in [0.25, 0.3) is 0 Å². The molecule has 0 saturated heterocycles. The Morgan fingerprint density at radius 1 is 1.31 bits per heavy atom. The average Bonchev–Trinajstić information content (AvgIpc) is 2.03. The number of nitrogens with two attached hydrogens (primary N) is 1. The van der Waals surface area contributed by atoms with Crippen molar-refractivity contribution in [2.75, 3.05) is 0 Å². The molecule has 0 aliphatic carbocycles. The summed E-state index contributed by atoms with van der Waals surface area (Å²) in [7, 11) is 0. The second-order valence-electron chi connectivity index (χ2n) is 3.68.